The van der Waals surface area contributed by atoms with Gasteiger partial charge in [0.2, 0.25) is 11.6 Å². The molecule has 0 aromatic rings. The van der Waals surface area contributed by atoms with E-state index in [1.807, 2.05) is 0 Å². The van der Waals surface area contributed by atoms with Crippen molar-refractivity contribution in [2.75, 3.05) is 13.1 Å². The van der Waals surface area contributed by atoms with E-state index >= 15 is 0 Å². The maximum absolute atomic E-state index is 14.2. The van der Waals surface area contributed by atoms with Gasteiger partial charge in [0, 0.05) is 18.9 Å². The number of rotatable bonds is 2. The van der Waals surface area contributed by atoms with Crippen LogP contribution in [0.15, 0.2) is 0 Å². The molecule has 5 fully saturated rings. The number of likely N-dealkylation sites (tertiary alicyclic amines) is 1. The van der Waals surface area contributed by atoms with Gasteiger partial charge in [0.05, 0.1) is 6.54 Å². The summed E-state index contributed by atoms with van der Waals surface area (Å²) in [4.78, 5) is 25.3. The molecule has 21 heavy (non-hydrogen) atoms. The molecule has 0 spiro atoms. The monoisotopic (exact) mass is 295 g/mol. The van der Waals surface area contributed by atoms with Crippen LogP contribution in [0.3, 0.4) is 0 Å². The lowest BCUT2D eigenvalue weighted by Gasteiger charge is -2.54. The molecule has 4 bridgehead atoms. The summed E-state index contributed by atoms with van der Waals surface area (Å²) in [6.45, 7) is -0.00556. The zero-order valence-corrected chi connectivity index (χ0v) is 12.1. The standard InChI is InChI=1S/C16H22FNO3/c17-16(15(20)21)1-2-18(8-16)14(19)13-11-4-9-3-10(6-11)7-12(13)5-9/h9-13H,1-8H2,(H,20,21). The first-order chi connectivity index (χ1) is 9.96. The number of halogens is 1. The van der Waals surface area contributed by atoms with Crippen molar-refractivity contribution >= 4 is 11.9 Å². The second-order valence-corrected chi connectivity index (χ2v) is 7.74. The number of carboxylic acid groups (broad SMARTS) is 1. The molecule has 0 aromatic heterocycles. The average Bonchev–Trinajstić information content (AvgIpc) is 2.81. The molecule has 5 aliphatic rings. The Labute approximate surface area is 123 Å². The molecule has 116 valence electrons. The average molecular weight is 295 g/mol. The van der Waals surface area contributed by atoms with Crippen molar-refractivity contribution in [3.63, 3.8) is 0 Å². The number of carboxylic acids is 1. The predicted octanol–water partition coefficient (Wildman–Crippen LogP) is 2.08. The number of nitrogens with zero attached hydrogens (tertiary/aromatic N) is 1. The van der Waals surface area contributed by atoms with E-state index in [4.69, 9.17) is 5.11 Å². The molecule has 1 atom stereocenters. The third kappa shape index (κ3) is 2.00. The van der Waals surface area contributed by atoms with Crippen molar-refractivity contribution < 1.29 is 19.1 Å². The topological polar surface area (TPSA) is 57.6 Å². The largest absolute Gasteiger partial charge is 0.479 e. The Hall–Kier alpha value is -1.13. The molecule has 1 N–H and O–H groups in total. The molecule has 4 aliphatic carbocycles. The summed E-state index contributed by atoms with van der Waals surface area (Å²) >= 11 is 0. The van der Waals surface area contributed by atoms with Crippen molar-refractivity contribution in [3.05, 3.63) is 0 Å². The molecule has 1 aliphatic heterocycles. The Bertz CT molecular complexity index is 466. The van der Waals surface area contributed by atoms with Crippen LogP contribution < -0.4 is 0 Å². The number of aliphatic carboxylic acids is 1. The maximum atomic E-state index is 14.2. The van der Waals surface area contributed by atoms with Crippen LogP contribution in [0, 0.1) is 29.6 Å². The molecule has 0 aromatic carbocycles. The Morgan fingerprint density at radius 2 is 1.62 bits per heavy atom. The number of carbonyl (C=O) groups is 2. The van der Waals surface area contributed by atoms with Gasteiger partial charge in [-0.05, 0) is 55.8 Å². The van der Waals surface area contributed by atoms with Gasteiger partial charge in [-0.3, -0.25) is 4.79 Å². The predicted molar refractivity (Wildman–Crippen MR) is 73.2 cm³/mol. The van der Waals surface area contributed by atoms with E-state index in [1.165, 1.54) is 11.3 Å². The van der Waals surface area contributed by atoms with Crippen LogP contribution in [0.4, 0.5) is 4.39 Å². The fraction of sp³-hybridized carbons (Fsp3) is 0.875. The highest BCUT2D eigenvalue weighted by atomic mass is 19.1. The van der Waals surface area contributed by atoms with Crippen LogP contribution in [0.5, 0.6) is 0 Å². The smallest absolute Gasteiger partial charge is 0.343 e. The number of hydrogen-bond acceptors (Lipinski definition) is 2. The van der Waals surface area contributed by atoms with E-state index in [0.29, 0.717) is 11.8 Å². The first-order valence-corrected chi connectivity index (χ1v) is 8.17. The van der Waals surface area contributed by atoms with Crippen LogP contribution in [0.25, 0.3) is 0 Å². The normalized spacial score (nSPS) is 47.9. The second-order valence-electron chi connectivity index (χ2n) is 7.74. The van der Waals surface area contributed by atoms with E-state index in [0.717, 1.165) is 37.5 Å². The van der Waals surface area contributed by atoms with Gasteiger partial charge in [0.1, 0.15) is 0 Å². The van der Waals surface area contributed by atoms with Gasteiger partial charge in [-0.25, -0.2) is 9.18 Å². The van der Waals surface area contributed by atoms with Gasteiger partial charge in [-0.1, -0.05) is 0 Å². The highest BCUT2D eigenvalue weighted by Gasteiger charge is 2.54. The lowest BCUT2D eigenvalue weighted by Crippen LogP contribution is -2.52. The summed E-state index contributed by atoms with van der Waals surface area (Å²) < 4.78 is 14.2. The Kier molecular flexibility index (Phi) is 2.86. The molecule has 1 saturated heterocycles. The van der Waals surface area contributed by atoms with Crippen LogP contribution >= 0.6 is 0 Å². The summed E-state index contributed by atoms with van der Waals surface area (Å²) in [5.41, 5.74) is -2.23. The second kappa shape index (κ2) is 4.43. The van der Waals surface area contributed by atoms with Crippen LogP contribution in [0.1, 0.15) is 38.5 Å². The molecular weight excluding hydrogens is 273 g/mol. The minimum Gasteiger partial charge on any atom is -0.479 e. The van der Waals surface area contributed by atoms with Gasteiger partial charge in [-0.2, -0.15) is 0 Å². The summed E-state index contributed by atoms with van der Waals surface area (Å²) in [6, 6.07) is 0. The fourth-order valence-electron chi connectivity index (χ4n) is 5.67. The summed E-state index contributed by atoms with van der Waals surface area (Å²) in [7, 11) is 0. The minimum atomic E-state index is -2.23. The minimum absolute atomic E-state index is 0.0320. The quantitative estimate of drug-likeness (QED) is 0.848. The molecule has 4 nitrogen and oxygen atoms in total. The van der Waals surface area contributed by atoms with Crippen LogP contribution in [0.2, 0.25) is 0 Å². The van der Waals surface area contributed by atoms with Crippen molar-refractivity contribution in [1.82, 2.24) is 4.90 Å². The summed E-state index contributed by atoms with van der Waals surface area (Å²) in [5.74, 6) is 1.17. The van der Waals surface area contributed by atoms with Gasteiger partial charge in [0.25, 0.3) is 0 Å². The third-order valence-corrected chi connectivity index (χ3v) is 6.43. The molecule has 4 saturated carbocycles. The SMILES string of the molecule is O=C(C1C2CC3CC(C2)CC1C3)N1CCC(F)(C(=O)O)C1. The number of amides is 1. The number of alkyl halides is 1. The lowest BCUT2D eigenvalue weighted by atomic mass is 9.51. The first-order valence-electron chi connectivity index (χ1n) is 8.17. The van der Waals surface area contributed by atoms with Crippen LogP contribution in [-0.2, 0) is 9.59 Å². The Morgan fingerprint density at radius 3 is 2.10 bits per heavy atom. The van der Waals surface area contributed by atoms with Crippen molar-refractivity contribution in [3.8, 4) is 0 Å². The highest BCUT2D eigenvalue weighted by Crippen LogP contribution is 2.57. The Morgan fingerprint density at radius 1 is 1.05 bits per heavy atom. The van der Waals surface area contributed by atoms with E-state index in [1.54, 1.807) is 0 Å². The van der Waals surface area contributed by atoms with Gasteiger partial charge in [-0.15, -0.1) is 0 Å². The third-order valence-electron chi connectivity index (χ3n) is 6.43. The van der Waals surface area contributed by atoms with E-state index < -0.39 is 11.6 Å². The summed E-state index contributed by atoms with van der Waals surface area (Å²) in [6.07, 6.45) is 5.87. The van der Waals surface area contributed by atoms with Gasteiger partial charge in [0.15, 0.2) is 0 Å². The number of carbonyl (C=O) groups excluding carboxylic acids is 1. The molecule has 1 unspecified atom stereocenters. The van der Waals surface area contributed by atoms with Gasteiger partial charge >= 0.3 is 5.97 Å². The molecule has 5 rings (SSSR count). The van der Waals surface area contributed by atoms with Crippen molar-refractivity contribution in [2.45, 2.75) is 44.2 Å². The fourth-order valence-corrected chi connectivity index (χ4v) is 5.67. The summed E-state index contributed by atoms with van der Waals surface area (Å²) in [5, 5.41) is 8.97. The highest BCUT2D eigenvalue weighted by molar-refractivity contribution is 5.84. The van der Waals surface area contributed by atoms with E-state index in [9.17, 15) is 14.0 Å². The first kappa shape index (κ1) is 13.5. The molecule has 1 heterocycles. The molecule has 0 radical (unpaired) electrons. The zero-order valence-electron chi connectivity index (χ0n) is 12.1. The van der Waals surface area contributed by atoms with E-state index in [-0.39, 0.29) is 31.3 Å². The zero-order chi connectivity index (χ0) is 14.8. The molecular formula is C16H22FNO3. The van der Waals surface area contributed by atoms with Crippen LogP contribution in [-0.4, -0.2) is 40.6 Å². The van der Waals surface area contributed by atoms with Crippen molar-refractivity contribution in [2.24, 2.45) is 29.6 Å². The lowest BCUT2D eigenvalue weighted by molar-refractivity contribution is -0.152. The molecule has 1 amide bonds. The van der Waals surface area contributed by atoms with Crippen molar-refractivity contribution in [1.29, 1.82) is 0 Å². The maximum Gasteiger partial charge on any atom is 0.343 e. The van der Waals surface area contributed by atoms with E-state index in [2.05, 4.69) is 0 Å². The number of hydrogen-bond donors (Lipinski definition) is 1. The molecule has 5 heteroatoms. The van der Waals surface area contributed by atoms with Gasteiger partial charge < -0.3 is 10.0 Å². The Balaban J connectivity index is 1.50.